The van der Waals surface area contributed by atoms with E-state index in [2.05, 4.69) is 20.9 Å². The minimum atomic E-state index is -0.473. The fraction of sp³-hybridized carbons (Fsp3) is 0.154. The van der Waals surface area contributed by atoms with Gasteiger partial charge in [-0.2, -0.15) is 0 Å². The molecule has 0 aliphatic rings. The number of hydrogen-bond acceptors (Lipinski definition) is 3. The van der Waals surface area contributed by atoms with Crippen LogP contribution >= 0.6 is 27.7 Å². The Balaban J connectivity index is 1.96. The van der Waals surface area contributed by atoms with Crippen LogP contribution in [-0.4, -0.2) is 15.8 Å². The van der Waals surface area contributed by atoms with Gasteiger partial charge in [-0.05, 0) is 29.8 Å². The lowest BCUT2D eigenvalue weighted by Crippen LogP contribution is -2.00. The summed E-state index contributed by atoms with van der Waals surface area (Å²) in [5.74, 6) is 0.605. The number of rotatable bonds is 4. The predicted octanol–water partition coefficient (Wildman–Crippen LogP) is 3.67. The minimum Gasteiger partial charge on any atom is -0.388 e. The fourth-order valence-electron chi connectivity index (χ4n) is 1.41. The summed E-state index contributed by atoms with van der Waals surface area (Å²) in [5.41, 5.74) is 0.919. The Hall–Kier alpha value is -0.840. The average Bonchev–Trinajstić information content (AvgIpc) is 2.37. The van der Waals surface area contributed by atoms with Crippen LogP contribution in [-0.2, 0) is 0 Å². The summed E-state index contributed by atoms with van der Waals surface area (Å²) in [4.78, 5) is 4.20. The van der Waals surface area contributed by atoms with Crippen LogP contribution in [0.3, 0.4) is 0 Å². The quantitative estimate of drug-likeness (QED) is 0.875. The molecule has 1 N–H and O–H groups in total. The van der Waals surface area contributed by atoms with E-state index in [0.29, 0.717) is 5.75 Å². The van der Waals surface area contributed by atoms with Gasteiger partial charge in [0.1, 0.15) is 0 Å². The number of aliphatic hydroxyl groups excluding tert-OH is 1. The maximum Gasteiger partial charge on any atom is 0.0960 e. The average molecular weight is 310 g/mol. The first-order valence-corrected chi connectivity index (χ1v) is 7.01. The second-order valence-corrected chi connectivity index (χ2v) is 5.51. The number of nitrogens with zero attached hydrogens (tertiary/aromatic N) is 1. The fourth-order valence-corrected chi connectivity index (χ4v) is 2.66. The monoisotopic (exact) mass is 309 g/mol. The number of hydrogen-bond donors (Lipinski definition) is 1. The molecular formula is C13H12BrNOS. The van der Waals surface area contributed by atoms with Crippen molar-refractivity contribution in [2.45, 2.75) is 11.1 Å². The highest BCUT2D eigenvalue weighted by molar-refractivity contribution is 9.10. The summed E-state index contributed by atoms with van der Waals surface area (Å²) in [7, 11) is 0. The third kappa shape index (κ3) is 3.84. The van der Waals surface area contributed by atoms with Crippen molar-refractivity contribution in [3.8, 4) is 0 Å². The predicted molar refractivity (Wildman–Crippen MR) is 74.1 cm³/mol. The normalized spacial score (nSPS) is 12.4. The van der Waals surface area contributed by atoms with Crippen LogP contribution in [0, 0.1) is 0 Å². The molecule has 0 radical (unpaired) electrons. The van der Waals surface area contributed by atoms with Gasteiger partial charge in [-0.3, -0.25) is 0 Å². The molecule has 0 spiro atoms. The number of thioether (sulfide) groups is 1. The zero-order chi connectivity index (χ0) is 12.1. The van der Waals surface area contributed by atoms with Gasteiger partial charge < -0.3 is 5.11 Å². The Morgan fingerprint density at radius 1 is 1.24 bits per heavy atom. The number of aliphatic hydroxyl groups is 1. The largest absolute Gasteiger partial charge is 0.388 e. The lowest BCUT2D eigenvalue weighted by Gasteiger charge is -2.10. The second-order valence-electron chi connectivity index (χ2n) is 3.55. The summed E-state index contributed by atoms with van der Waals surface area (Å²) >= 11 is 4.95. The molecule has 0 bridgehead atoms. The number of pyridine rings is 1. The first-order chi connectivity index (χ1) is 8.25. The molecular weight excluding hydrogens is 298 g/mol. The Morgan fingerprint density at radius 3 is 2.82 bits per heavy atom. The standard InChI is InChI=1S/C13H12BrNOS/c14-11-5-3-4-10(8-11)12(16)9-17-13-6-1-2-7-15-13/h1-8,12,16H,9H2. The van der Waals surface area contributed by atoms with Gasteiger partial charge in [0.15, 0.2) is 0 Å². The number of aromatic nitrogens is 1. The molecule has 2 nitrogen and oxygen atoms in total. The van der Waals surface area contributed by atoms with Crippen LogP contribution in [0.2, 0.25) is 0 Å². The Bertz CT molecular complexity index is 478. The molecule has 1 aromatic heterocycles. The van der Waals surface area contributed by atoms with Crippen LogP contribution in [0.5, 0.6) is 0 Å². The number of benzene rings is 1. The van der Waals surface area contributed by atoms with Crippen LogP contribution in [0.15, 0.2) is 58.2 Å². The Labute approximate surface area is 113 Å². The van der Waals surface area contributed by atoms with Gasteiger partial charge in [0, 0.05) is 16.4 Å². The van der Waals surface area contributed by atoms with Crippen molar-refractivity contribution in [2.24, 2.45) is 0 Å². The van der Waals surface area contributed by atoms with E-state index in [0.717, 1.165) is 15.1 Å². The summed E-state index contributed by atoms with van der Waals surface area (Å²) < 4.78 is 0.983. The van der Waals surface area contributed by atoms with Gasteiger partial charge in [-0.25, -0.2) is 4.98 Å². The molecule has 4 heteroatoms. The molecule has 0 saturated carbocycles. The molecule has 0 aliphatic heterocycles. The zero-order valence-corrected chi connectivity index (χ0v) is 11.5. The van der Waals surface area contributed by atoms with Crippen molar-refractivity contribution in [1.29, 1.82) is 0 Å². The highest BCUT2D eigenvalue weighted by Gasteiger charge is 2.08. The first kappa shape index (κ1) is 12.6. The first-order valence-electron chi connectivity index (χ1n) is 5.23. The lowest BCUT2D eigenvalue weighted by molar-refractivity contribution is 0.204. The van der Waals surface area contributed by atoms with Crippen molar-refractivity contribution in [3.05, 3.63) is 58.7 Å². The van der Waals surface area contributed by atoms with E-state index in [1.807, 2.05) is 42.5 Å². The van der Waals surface area contributed by atoms with Crippen molar-refractivity contribution >= 4 is 27.7 Å². The molecule has 0 fully saturated rings. The van der Waals surface area contributed by atoms with Gasteiger partial charge in [-0.1, -0.05) is 34.1 Å². The summed E-state index contributed by atoms with van der Waals surface area (Å²) in [6.45, 7) is 0. The molecule has 1 aromatic carbocycles. The molecule has 0 aliphatic carbocycles. The van der Waals surface area contributed by atoms with E-state index in [9.17, 15) is 5.11 Å². The summed E-state index contributed by atoms with van der Waals surface area (Å²) in [6, 6.07) is 13.5. The topological polar surface area (TPSA) is 33.1 Å². The third-order valence-electron chi connectivity index (χ3n) is 2.26. The van der Waals surface area contributed by atoms with Crippen LogP contribution in [0.25, 0.3) is 0 Å². The van der Waals surface area contributed by atoms with Gasteiger partial charge in [0.2, 0.25) is 0 Å². The Kier molecular flexibility index (Phi) is 4.59. The Morgan fingerprint density at radius 2 is 2.12 bits per heavy atom. The number of halogens is 1. The van der Waals surface area contributed by atoms with E-state index in [1.165, 1.54) is 0 Å². The molecule has 2 aromatic rings. The van der Waals surface area contributed by atoms with Gasteiger partial charge >= 0.3 is 0 Å². The molecule has 0 saturated heterocycles. The van der Waals surface area contributed by atoms with E-state index < -0.39 is 6.10 Å². The summed E-state index contributed by atoms with van der Waals surface area (Å²) in [5, 5.41) is 11.0. The van der Waals surface area contributed by atoms with E-state index >= 15 is 0 Å². The molecule has 1 unspecified atom stereocenters. The molecule has 0 amide bonds. The van der Waals surface area contributed by atoms with Crippen molar-refractivity contribution < 1.29 is 5.11 Å². The van der Waals surface area contributed by atoms with Gasteiger partial charge in [0.25, 0.3) is 0 Å². The SMILES string of the molecule is OC(CSc1ccccn1)c1cccc(Br)c1. The maximum atomic E-state index is 10.0. The van der Waals surface area contributed by atoms with Gasteiger partial charge in [0.05, 0.1) is 11.1 Å². The molecule has 17 heavy (non-hydrogen) atoms. The smallest absolute Gasteiger partial charge is 0.0960 e. The van der Waals surface area contributed by atoms with Crippen LogP contribution < -0.4 is 0 Å². The highest BCUT2D eigenvalue weighted by atomic mass is 79.9. The summed E-state index contributed by atoms with van der Waals surface area (Å²) in [6.07, 6.45) is 1.29. The highest BCUT2D eigenvalue weighted by Crippen LogP contribution is 2.24. The van der Waals surface area contributed by atoms with Crippen molar-refractivity contribution in [1.82, 2.24) is 4.98 Å². The van der Waals surface area contributed by atoms with E-state index in [4.69, 9.17) is 0 Å². The zero-order valence-electron chi connectivity index (χ0n) is 9.08. The van der Waals surface area contributed by atoms with E-state index in [1.54, 1.807) is 18.0 Å². The third-order valence-corrected chi connectivity index (χ3v) is 3.77. The van der Waals surface area contributed by atoms with E-state index in [-0.39, 0.29) is 0 Å². The lowest BCUT2D eigenvalue weighted by atomic mass is 10.1. The molecule has 1 atom stereocenters. The van der Waals surface area contributed by atoms with Crippen molar-refractivity contribution in [3.63, 3.8) is 0 Å². The molecule has 1 heterocycles. The van der Waals surface area contributed by atoms with Crippen molar-refractivity contribution in [2.75, 3.05) is 5.75 Å². The maximum absolute atomic E-state index is 10.0. The molecule has 88 valence electrons. The van der Waals surface area contributed by atoms with Crippen LogP contribution in [0.4, 0.5) is 0 Å². The second kappa shape index (κ2) is 6.19. The molecule has 2 rings (SSSR count). The van der Waals surface area contributed by atoms with Crippen LogP contribution in [0.1, 0.15) is 11.7 Å². The minimum absolute atomic E-state index is 0.473. The van der Waals surface area contributed by atoms with Gasteiger partial charge in [-0.15, -0.1) is 11.8 Å².